The molecule has 0 saturated heterocycles. The van der Waals surface area contributed by atoms with Crippen molar-refractivity contribution >= 4 is 34.2 Å². The number of ether oxygens (including phenoxy) is 2. The summed E-state index contributed by atoms with van der Waals surface area (Å²) in [5, 5.41) is 0.494. The summed E-state index contributed by atoms with van der Waals surface area (Å²) < 4.78 is 11.4. The third-order valence-electron chi connectivity index (χ3n) is 2.83. The maximum Gasteiger partial charge on any atom is 0.161 e. The molecular formula is C14H14ClIN2O2. The highest BCUT2D eigenvalue weighted by Crippen LogP contribution is 2.28. The van der Waals surface area contributed by atoms with Crippen molar-refractivity contribution in [2.75, 3.05) is 14.2 Å². The maximum absolute atomic E-state index is 6.09. The van der Waals surface area contributed by atoms with E-state index in [0.29, 0.717) is 28.9 Å². The molecule has 0 radical (unpaired) electrons. The second-order valence-electron chi connectivity index (χ2n) is 4.20. The normalized spacial score (nSPS) is 10.4. The lowest BCUT2D eigenvalue weighted by Gasteiger charge is -2.10. The quantitative estimate of drug-likeness (QED) is 0.576. The van der Waals surface area contributed by atoms with Gasteiger partial charge in [0.1, 0.15) is 11.0 Å². The largest absolute Gasteiger partial charge is 0.493 e. The smallest absolute Gasteiger partial charge is 0.161 e. The minimum atomic E-state index is 0.494. The van der Waals surface area contributed by atoms with Crippen LogP contribution in [0.25, 0.3) is 0 Å². The zero-order valence-electron chi connectivity index (χ0n) is 11.4. The van der Waals surface area contributed by atoms with Gasteiger partial charge in [0.05, 0.1) is 23.5 Å². The highest BCUT2D eigenvalue weighted by atomic mass is 127. The molecule has 20 heavy (non-hydrogen) atoms. The molecular weight excluding hydrogens is 391 g/mol. The maximum atomic E-state index is 6.09. The Morgan fingerprint density at radius 2 is 1.85 bits per heavy atom. The van der Waals surface area contributed by atoms with E-state index in [1.807, 2.05) is 25.1 Å². The number of aromatic nitrogens is 2. The molecule has 106 valence electrons. The molecule has 6 heteroatoms. The Hall–Kier alpha value is -1.08. The molecule has 1 heterocycles. The van der Waals surface area contributed by atoms with Crippen LogP contribution in [0.5, 0.6) is 11.5 Å². The first-order chi connectivity index (χ1) is 9.55. The first-order valence-electron chi connectivity index (χ1n) is 5.94. The molecule has 0 N–H and O–H groups in total. The van der Waals surface area contributed by atoms with E-state index in [1.165, 1.54) is 0 Å². The summed E-state index contributed by atoms with van der Waals surface area (Å²) in [6.45, 7) is 1.92. The van der Waals surface area contributed by atoms with E-state index in [2.05, 4.69) is 32.6 Å². The lowest BCUT2D eigenvalue weighted by Crippen LogP contribution is -2.02. The van der Waals surface area contributed by atoms with Crippen LogP contribution in [0.15, 0.2) is 18.2 Å². The van der Waals surface area contributed by atoms with Crippen molar-refractivity contribution in [2.24, 2.45) is 0 Å². The van der Waals surface area contributed by atoms with Gasteiger partial charge < -0.3 is 9.47 Å². The lowest BCUT2D eigenvalue weighted by atomic mass is 10.1. The van der Waals surface area contributed by atoms with Crippen molar-refractivity contribution < 1.29 is 9.47 Å². The molecule has 0 saturated carbocycles. The Morgan fingerprint density at radius 3 is 2.45 bits per heavy atom. The summed E-state index contributed by atoms with van der Waals surface area (Å²) in [7, 11) is 3.23. The first kappa shape index (κ1) is 15.3. The second-order valence-corrected chi connectivity index (χ2v) is 5.63. The van der Waals surface area contributed by atoms with Gasteiger partial charge in [0.25, 0.3) is 0 Å². The van der Waals surface area contributed by atoms with Crippen LogP contribution < -0.4 is 9.47 Å². The summed E-state index contributed by atoms with van der Waals surface area (Å²) in [6.07, 6.45) is 0.595. The predicted molar refractivity (Wildman–Crippen MR) is 86.8 cm³/mol. The van der Waals surface area contributed by atoms with Crippen LogP contribution in [0, 0.1) is 10.5 Å². The number of hydrogen-bond donors (Lipinski definition) is 0. The van der Waals surface area contributed by atoms with Crippen molar-refractivity contribution in [1.82, 2.24) is 9.97 Å². The summed E-state index contributed by atoms with van der Waals surface area (Å²) in [6, 6.07) is 5.75. The average molecular weight is 405 g/mol. The molecule has 0 unspecified atom stereocenters. The van der Waals surface area contributed by atoms with E-state index in [9.17, 15) is 0 Å². The van der Waals surface area contributed by atoms with Gasteiger partial charge in [-0.05, 0) is 47.2 Å². The Kier molecular flexibility index (Phi) is 5.04. The van der Waals surface area contributed by atoms with Crippen molar-refractivity contribution in [3.63, 3.8) is 0 Å². The number of benzene rings is 1. The number of hydrogen-bond acceptors (Lipinski definition) is 4. The van der Waals surface area contributed by atoms with Gasteiger partial charge in [-0.25, -0.2) is 9.97 Å². The Morgan fingerprint density at radius 1 is 1.15 bits per heavy atom. The minimum Gasteiger partial charge on any atom is -0.493 e. The Balaban J connectivity index is 2.30. The van der Waals surface area contributed by atoms with Crippen LogP contribution >= 0.6 is 34.2 Å². The molecule has 1 aromatic heterocycles. The van der Waals surface area contributed by atoms with Crippen LogP contribution in [-0.2, 0) is 6.42 Å². The molecule has 1 aromatic carbocycles. The van der Waals surface area contributed by atoms with Crippen LogP contribution in [0.2, 0.25) is 5.15 Å². The monoisotopic (exact) mass is 404 g/mol. The molecule has 0 spiro atoms. The van der Waals surface area contributed by atoms with E-state index in [0.717, 1.165) is 14.8 Å². The number of rotatable bonds is 4. The molecule has 0 bridgehead atoms. The second kappa shape index (κ2) is 6.58. The van der Waals surface area contributed by atoms with Crippen molar-refractivity contribution in [2.45, 2.75) is 13.3 Å². The van der Waals surface area contributed by atoms with Crippen LogP contribution in [0.1, 0.15) is 17.1 Å². The zero-order valence-corrected chi connectivity index (χ0v) is 14.3. The molecule has 0 aliphatic heterocycles. The van der Waals surface area contributed by atoms with E-state index >= 15 is 0 Å². The third kappa shape index (κ3) is 3.32. The molecule has 2 aromatic rings. The van der Waals surface area contributed by atoms with E-state index < -0.39 is 0 Å². The van der Waals surface area contributed by atoms with E-state index in [-0.39, 0.29) is 0 Å². The third-order valence-corrected chi connectivity index (χ3v) is 4.72. The van der Waals surface area contributed by atoms with Crippen molar-refractivity contribution in [1.29, 1.82) is 0 Å². The highest BCUT2D eigenvalue weighted by Gasteiger charge is 2.10. The summed E-state index contributed by atoms with van der Waals surface area (Å²) in [5.41, 5.74) is 1.93. The molecule has 0 aliphatic carbocycles. The lowest BCUT2D eigenvalue weighted by molar-refractivity contribution is 0.354. The minimum absolute atomic E-state index is 0.494. The van der Waals surface area contributed by atoms with Gasteiger partial charge in [-0.15, -0.1) is 0 Å². The van der Waals surface area contributed by atoms with Gasteiger partial charge in [0, 0.05) is 6.42 Å². The van der Waals surface area contributed by atoms with Gasteiger partial charge in [-0.2, -0.15) is 0 Å². The fourth-order valence-corrected chi connectivity index (χ4v) is 2.31. The first-order valence-corrected chi connectivity index (χ1v) is 7.40. The fourth-order valence-electron chi connectivity index (χ4n) is 1.83. The average Bonchev–Trinajstić information content (AvgIpc) is 2.44. The molecule has 0 aliphatic rings. The summed E-state index contributed by atoms with van der Waals surface area (Å²) in [5.74, 6) is 2.09. The van der Waals surface area contributed by atoms with Crippen molar-refractivity contribution in [3.8, 4) is 11.5 Å². The molecule has 4 nitrogen and oxygen atoms in total. The number of aryl methyl sites for hydroxylation is 1. The number of nitrogens with zero attached hydrogens (tertiary/aromatic N) is 2. The van der Waals surface area contributed by atoms with Crippen molar-refractivity contribution in [3.05, 3.63) is 44.0 Å². The Labute approximate surface area is 136 Å². The van der Waals surface area contributed by atoms with Crippen LogP contribution in [0.4, 0.5) is 0 Å². The van der Waals surface area contributed by atoms with Gasteiger partial charge in [-0.1, -0.05) is 17.7 Å². The van der Waals surface area contributed by atoms with E-state index in [1.54, 1.807) is 14.2 Å². The predicted octanol–water partition coefficient (Wildman–Crippen LogP) is 3.65. The number of halogens is 2. The molecule has 0 fully saturated rings. The van der Waals surface area contributed by atoms with Gasteiger partial charge in [0.2, 0.25) is 0 Å². The van der Waals surface area contributed by atoms with Gasteiger partial charge in [0.15, 0.2) is 11.5 Å². The van der Waals surface area contributed by atoms with Crippen LogP contribution in [-0.4, -0.2) is 24.2 Å². The van der Waals surface area contributed by atoms with Crippen LogP contribution in [0.3, 0.4) is 0 Å². The molecule has 0 atom stereocenters. The summed E-state index contributed by atoms with van der Waals surface area (Å²) in [4.78, 5) is 8.75. The van der Waals surface area contributed by atoms with E-state index in [4.69, 9.17) is 21.1 Å². The fraction of sp³-hybridized carbons (Fsp3) is 0.286. The highest BCUT2D eigenvalue weighted by molar-refractivity contribution is 14.1. The SMILES string of the molecule is COc1ccc(Cc2nc(C)c(I)c(Cl)n2)cc1OC. The van der Waals surface area contributed by atoms with Gasteiger partial charge >= 0.3 is 0 Å². The Bertz CT molecular complexity index is 612. The molecule has 0 amide bonds. The van der Waals surface area contributed by atoms with Gasteiger partial charge in [-0.3, -0.25) is 0 Å². The topological polar surface area (TPSA) is 44.2 Å². The summed E-state index contributed by atoms with van der Waals surface area (Å²) >= 11 is 8.23. The zero-order chi connectivity index (χ0) is 14.7. The number of methoxy groups -OCH3 is 2. The molecule has 2 rings (SSSR count). The standard InChI is InChI=1S/C14H14ClIN2O2/c1-8-13(16)14(15)18-12(17-8)7-9-4-5-10(19-2)11(6-9)20-3/h4-6H,7H2,1-3H3.